The summed E-state index contributed by atoms with van der Waals surface area (Å²) in [6, 6.07) is 0. The monoisotopic (exact) mass is 230 g/mol. The molecule has 0 aromatic heterocycles. The summed E-state index contributed by atoms with van der Waals surface area (Å²) in [6.45, 7) is 4.41. The number of hydrogen-bond donors (Lipinski definition) is 2. The molecule has 0 aliphatic heterocycles. The minimum absolute atomic E-state index is 0.219. The van der Waals surface area contributed by atoms with Crippen LogP contribution in [-0.4, -0.2) is 36.1 Å². The molecule has 3 nitrogen and oxygen atoms in total. The Labute approximate surface area is 99.1 Å². The van der Waals surface area contributed by atoms with Gasteiger partial charge in [-0.05, 0) is 19.3 Å². The second kappa shape index (κ2) is 12.7. The zero-order valence-electron chi connectivity index (χ0n) is 10.2. The maximum Gasteiger partial charge on any atom is 0.100 e. The number of rotatable bonds is 12. The average molecular weight is 230 g/mol. The van der Waals surface area contributed by atoms with Crippen LogP contribution in [0.25, 0.3) is 0 Å². The molecule has 0 rings (SSSR count). The third-order valence-corrected chi connectivity index (χ3v) is 2.47. The minimum Gasteiger partial charge on any atom is -0.394 e. The Balaban J connectivity index is 2.96. The molecule has 0 aliphatic rings. The van der Waals surface area contributed by atoms with E-state index in [1.165, 1.54) is 32.1 Å². The Bertz CT molecular complexity index is 148. The van der Waals surface area contributed by atoms with E-state index in [4.69, 9.17) is 14.9 Å². The van der Waals surface area contributed by atoms with E-state index in [0.717, 1.165) is 12.8 Å². The summed E-state index contributed by atoms with van der Waals surface area (Å²) in [4.78, 5) is 0. The van der Waals surface area contributed by atoms with E-state index in [-0.39, 0.29) is 13.2 Å². The van der Waals surface area contributed by atoms with Crippen LogP contribution in [0.15, 0.2) is 12.7 Å². The lowest BCUT2D eigenvalue weighted by Crippen LogP contribution is -2.19. The molecule has 0 aromatic carbocycles. The molecule has 0 spiro atoms. The smallest absolute Gasteiger partial charge is 0.100 e. The number of ether oxygens (including phenoxy) is 1. The SMILES string of the molecule is C=CCCCCCCCCOC[C@H](O)CO. The van der Waals surface area contributed by atoms with Crippen molar-refractivity contribution in [3.8, 4) is 0 Å². The molecule has 16 heavy (non-hydrogen) atoms. The van der Waals surface area contributed by atoms with Crippen molar-refractivity contribution in [1.82, 2.24) is 0 Å². The van der Waals surface area contributed by atoms with Gasteiger partial charge in [-0.1, -0.05) is 31.8 Å². The van der Waals surface area contributed by atoms with Crippen molar-refractivity contribution in [1.29, 1.82) is 0 Å². The van der Waals surface area contributed by atoms with Gasteiger partial charge in [-0.3, -0.25) is 0 Å². The maximum atomic E-state index is 9.00. The van der Waals surface area contributed by atoms with E-state index in [9.17, 15) is 0 Å². The van der Waals surface area contributed by atoms with Crippen molar-refractivity contribution in [3.63, 3.8) is 0 Å². The fourth-order valence-electron chi connectivity index (χ4n) is 1.47. The Morgan fingerprint density at radius 1 is 1.06 bits per heavy atom. The Morgan fingerprint density at radius 2 is 1.69 bits per heavy atom. The van der Waals surface area contributed by atoms with Crippen LogP contribution in [0.2, 0.25) is 0 Å². The molecule has 0 radical (unpaired) electrons. The van der Waals surface area contributed by atoms with Gasteiger partial charge in [0.05, 0.1) is 13.2 Å². The van der Waals surface area contributed by atoms with Crippen molar-refractivity contribution in [2.24, 2.45) is 0 Å². The first-order chi connectivity index (χ1) is 7.81. The normalized spacial score (nSPS) is 12.6. The quantitative estimate of drug-likeness (QED) is 0.399. The van der Waals surface area contributed by atoms with Crippen LogP contribution in [-0.2, 0) is 4.74 Å². The lowest BCUT2D eigenvalue weighted by atomic mass is 10.1. The van der Waals surface area contributed by atoms with Crippen LogP contribution in [0.1, 0.15) is 44.9 Å². The Hall–Kier alpha value is -0.380. The van der Waals surface area contributed by atoms with Gasteiger partial charge >= 0.3 is 0 Å². The molecule has 0 bridgehead atoms. The van der Waals surface area contributed by atoms with Crippen molar-refractivity contribution in [3.05, 3.63) is 12.7 Å². The number of unbranched alkanes of at least 4 members (excludes halogenated alkanes) is 6. The molecule has 0 aromatic rings. The highest BCUT2D eigenvalue weighted by atomic mass is 16.5. The Kier molecular flexibility index (Phi) is 12.4. The lowest BCUT2D eigenvalue weighted by Gasteiger charge is -2.07. The molecular weight excluding hydrogens is 204 g/mol. The van der Waals surface area contributed by atoms with Crippen molar-refractivity contribution < 1.29 is 14.9 Å². The summed E-state index contributed by atoms with van der Waals surface area (Å²) in [7, 11) is 0. The molecule has 0 aliphatic carbocycles. The van der Waals surface area contributed by atoms with Gasteiger partial charge in [0.15, 0.2) is 0 Å². The average Bonchev–Trinajstić information content (AvgIpc) is 2.31. The second-order valence-electron chi connectivity index (χ2n) is 4.11. The third-order valence-electron chi connectivity index (χ3n) is 2.47. The summed E-state index contributed by atoms with van der Waals surface area (Å²) >= 11 is 0. The molecule has 1 atom stereocenters. The molecule has 0 saturated carbocycles. The van der Waals surface area contributed by atoms with Crippen LogP contribution in [0.3, 0.4) is 0 Å². The molecule has 96 valence electrons. The van der Waals surface area contributed by atoms with Gasteiger partial charge < -0.3 is 14.9 Å². The first kappa shape index (κ1) is 15.6. The van der Waals surface area contributed by atoms with Crippen molar-refractivity contribution >= 4 is 0 Å². The van der Waals surface area contributed by atoms with Crippen molar-refractivity contribution in [2.45, 2.75) is 51.0 Å². The first-order valence-corrected chi connectivity index (χ1v) is 6.28. The van der Waals surface area contributed by atoms with Gasteiger partial charge in [0.25, 0.3) is 0 Å². The fourth-order valence-corrected chi connectivity index (χ4v) is 1.47. The zero-order valence-corrected chi connectivity index (χ0v) is 10.2. The van der Waals surface area contributed by atoms with E-state index in [1.807, 2.05) is 6.08 Å². The predicted octanol–water partition coefficient (Wildman–Crippen LogP) is 2.27. The summed E-state index contributed by atoms with van der Waals surface area (Å²) in [6.07, 6.45) is 9.68. The third kappa shape index (κ3) is 11.7. The molecule has 0 amide bonds. The first-order valence-electron chi connectivity index (χ1n) is 6.28. The second-order valence-corrected chi connectivity index (χ2v) is 4.11. The minimum atomic E-state index is -0.723. The molecule has 3 heteroatoms. The molecule has 0 fully saturated rings. The van der Waals surface area contributed by atoms with Gasteiger partial charge in [0.2, 0.25) is 0 Å². The summed E-state index contributed by atoms with van der Waals surface area (Å²) in [5, 5.41) is 17.5. The van der Waals surface area contributed by atoms with E-state index < -0.39 is 6.10 Å². The molecule has 2 N–H and O–H groups in total. The van der Waals surface area contributed by atoms with E-state index in [1.54, 1.807) is 0 Å². The summed E-state index contributed by atoms with van der Waals surface area (Å²) in [5.41, 5.74) is 0. The van der Waals surface area contributed by atoms with Crippen LogP contribution in [0.4, 0.5) is 0 Å². The van der Waals surface area contributed by atoms with Crippen LogP contribution in [0, 0.1) is 0 Å². The molecule has 0 saturated heterocycles. The number of hydrogen-bond acceptors (Lipinski definition) is 3. The number of allylic oxidation sites excluding steroid dienone is 1. The Morgan fingerprint density at radius 3 is 2.31 bits per heavy atom. The van der Waals surface area contributed by atoms with E-state index in [0.29, 0.717) is 6.61 Å². The van der Waals surface area contributed by atoms with Crippen molar-refractivity contribution in [2.75, 3.05) is 19.8 Å². The summed E-state index contributed by atoms with van der Waals surface area (Å²) < 4.78 is 5.21. The van der Waals surface area contributed by atoms with Crippen LogP contribution < -0.4 is 0 Å². The molecule has 0 heterocycles. The largest absolute Gasteiger partial charge is 0.394 e. The molecular formula is C13H26O3. The fraction of sp³-hybridized carbons (Fsp3) is 0.846. The van der Waals surface area contributed by atoms with Gasteiger partial charge in [-0.2, -0.15) is 0 Å². The van der Waals surface area contributed by atoms with Gasteiger partial charge in [0, 0.05) is 6.61 Å². The lowest BCUT2D eigenvalue weighted by molar-refractivity contribution is 0.00526. The van der Waals surface area contributed by atoms with Gasteiger partial charge in [0.1, 0.15) is 6.10 Å². The standard InChI is InChI=1S/C13H26O3/c1-2-3-4-5-6-7-8-9-10-16-12-13(15)11-14/h2,13-15H,1,3-12H2/t13-/m1/s1. The highest BCUT2D eigenvalue weighted by molar-refractivity contribution is 4.65. The predicted molar refractivity (Wildman–Crippen MR) is 66.4 cm³/mol. The highest BCUT2D eigenvalue weighted by Crippen LogP contribution is 2.07. The van der Waals surface area contributed by atoms with Crippen LogP contribution in [0.5, 0.6) is 0 Å². The van der Waals surface area contributed by atoms with Crippen LogP contribution >= 0.6 is 0 Å². The number of aliphatic hydroxyl groups excluding tert-OH is 2. The van der Waals surface area contributed by atoms with Gasteiger partial charge in [-0.15, -0.1) is 6.58 Å². The highest BCUT2D eigenvalue weighted by Gasteiger charge is 2.00. The van der Waals surface area contributed by atoms with Gasteiger partial charge in [-0.25, -0.2) is 0 Å². The maximum absolute atomic E-state index is 9.00. The van der Waals surface area contributed by atoms with E-state index >= 15 is 0 Å². The van der Waals surface area contributed by atoms with E-state index in [2.05, 4.69) is 6.58 Å². The zero-order chi connectivity index (χ0) is 12.1. The summed E-state index contributed by atoms with van der Waals surface area (Å²) in [5.74, 6) is 0. The molecule has 0 unspecified atom stereocenters. The topological polar surface area (TPSA) is 49.7 Å². The number of aliphatic hydroxyl groups is 2.